The average molecular weight is 550 g/mol. The van der Waals surface area contributed by atoms with Crippen LogP contribution in [-0.2, 0) is 17.8 Å². The quantitative estimate of drug-likeness (QED) is 0.174. The van der Waals surface area contributed by atoms with Gasteiger partial charge in [0.1, 0.15) is 25.0 Å². The van der Waals surface area contributed by atoms with Gasteiger partial charge in [0.2, 0.25) is 0 Å². The minimum atomic E-state index is 0. The van der Waals surface area contributed by atoms with Crippen molar-refractivity contribution in [2.75, 3.05) is 26.9 Å². The Kier molecular flexibility index (Phi) is 10.9. The van der Waals surface area contributed by atoms with Gasteiger partial charge >= 0.3 is 0 Å². The summed E-state index contributed by atoms with van der Waals surface area (Å²) in [4.78, 5) is 8.29. The number of guanidine groups is 1. The first-order chi connectivity index (χ1) is 15.2. The molecule has 32 heavy (non-hydrogen) atoms. The third-order valence-corrected chi connectivity index (χ3v) is 4.66. The molecule has 2 N–H and O–H groups in total. The average Bonchev–Trinajstić information content (AvgIpc) is 3.33. The highest BCUT2D eigenvalue weighted by molar-refractivity contribution is 14.0. The molecule has 172 valence electrons. The molecule has 0 atom stereocenters. The number of aromatic nitrogens is 3. The van der Waals surface area contributed by atoms with Crippen LogP contribution in [0.25, 0.3) is 5.69 Å². The van der Waals surface area contributed by atoms with E-state index >= 15 is 0 Å². The molecule has 0 saturated heterocycles. The number of ether oxygens (including phenoxy) is 2. The molecule has 3 aromatic rings. The monoisotopic (exact) mass is 550 g/mol. The molecule has 8 nitrogen and oxygen atoms in total. The van der Waals surface area contributed by atoms with Gasteiger partial charge in [-0.2, -0.15) is 5.10 Å². The molecular formula is C23H31IN6O2. The van der Waals surface area contributed by atoms with Gasteiger partial charge in [-0.25, -0.2) is 9.67 Å². The largest absolute Gasteiger partial charge is 0.491 e. The molecule has 1 heterocycles. The number of aryl methyl sites for hydroxylation is 1. The van der Waals surface area contributed by atoms with Gasteiger partial charge in [0.05, 0.1) is 12.3 Å². The topological polar surface area (TPSA) is 85.6 Å². The van der Waals surface area contributed by atoms with Crippen LogP contribution in [-0.4, -0.2) is 47.6 Å². The first kappa shape index (κ1) is 25.6. The van der Waals surface area contributed by atoms with E-state index in [9.17, 15) is 0 Å². The summed E-state index contributed by atoms with van der Waals surface area (Å²) in [5, 5.41) is 10.8. The molecule has 0 radical (unpaired) electrons. The van der Waals surface area contributed by atoms with E-state index in [1.165, 1.54) is 6.33 Å². The Morgan fingerprint density at radius 1 is 1.06 bits per heavy atom. The van der Waals surface area contributed by atoms with Crippen LogP contribution in [0.15, 0.2) is 60.1 Å². The maximum absolute atomic E-state index is 5.92. The fraction of sp³-hybridized carbons (Fsp3) is 0.348. The van der Waals surface area contributed by atoms with Crippen molar-refractivity contribution in [1.29, 1.82) is 0 Å². The molecule has 0 amide bonds. The lowest BCUT2D eigenvalue weighted by Crippen LogP contribution is -2.36. The Labute approximate surface area is 206 Å². The van der Waals surface area contributed by atoms with Crippen LogP contribution in [0.1, 0.15) is 23.6 Å². The SMILES string of the molecule is CCOCCOc1cc(C)ccc1CNC(=NC)NCc1ccc(-n2cncn2)cc1.I. The number of hydrogen-bond acceptors (Lipinski definition) is 5. The summed E-state index contributed by atoms with van der Waals surface area (Å²) < 4.78 is 13.0. The standard InChI is InChI=1S/C23H30N6O2.HI/c1-4-30-11-12-31-22-13-18(2)5-8-20(22)15-27-23(24-3)26-14-19-6-9-21(10-7-19)29-17-25-16-28-29;/h5-10,13,16-17H,4,11-12,14-15H2,1-3H3,(H2,24,26,27);1H. The van der Waals surface area contributed by atoms with E-state index in [0.717, 1.165) is 34.1 Å². The molecule has 1 aromatic heterocycles. The van der Waals surface area contributed by atoms with Crippen LogP contribution in [0.2, 0.25) is 0 Å². The fourth-order valence-corrected chi connectivity index (χ4v) is 2.99. The number of nitrogens with one attached hydrogen (secondary N) is 2. The van der Waals surface area contributed by atoms with Crippen molar-refractivity contribution in [1.82, 2.24) is 25.4 Å². The van der Waals surface area contributed by atoms with E-state index in [4.69, 9.17) is 9.47 Å². The van der Waals surface area contributed by atoms with Crippen molar-refractivity contribution in [3.63, 3.8) is 0 Å². The smallest absolute Gasteiger partial charge is 0.191 e. The van der Waals surface area contributed by atoms with Crippen molar-refractivity contribution in [2.45, 2.75) is 26.9 Å². The molecule has 2 aromatic carbocycles. The highest BCUT2D eigenvalue weighted by atomic mass is 127. The molecule has 0 saturated carbocycles. The number of halogens is 1. The van der Waals surface area contributed by atoms with Crippen LogP contribution in [0, 0.1) is 6.92 Å². The molecule has 0 fully saturated rings. The Hall–Kier alpha value is -2.66. The zero-order valence-electron chi connectivity index (χ0n) is 18.7. The summed E-state index contributed by atoms with van der Waals surface area (Å²) in [7, 11) is 1.76. The van der Waals surface area contributed by atoms with E-state index in [1.54, 1.807) is 18.1 Å². The van der Waals surface area contributed by atoms with E-state index in [0.29, 0.717) is 32.9 Å². The highest BCUT2D eigenvalue weighted by Crippen LogP contribution is 2.20. The lowest BCUT2D eigenvalue weighted by Gasteiger charge is -2.16. The van der Waals surface area contributed by atoms with Gasteiger partial charge < -0.3 is 20.1 Å². The number of hydrogen-bond donors (Lipinski definition) is 2. The first-order valence-electron chi connectivity index (χ1n) is 10.4. The Balaban J connectivity index is 0.00000363. The van der Waals surface area contributed by atoms with E-state index < -0.39 is 0 Å². The van der Waals surface area contributed by atoms with Gasteiger partial charge in [-0.3, -0.25) is 4.99 Å². The second kappa shape index (κ2) is 13.7. The summed E-state index contributed by atoms with van der Waals surface area (Å²) in [5.41, 5.74) is 4.34. The summed E-state index contributed by atoms with van der Waals surface area (Å²) in [6, 6.07) is 14.4. The minimum Gasteiger partial charge on any atom is -0.491 e. The van der Waals surface area contributed by atoms with E-state index in [1.807, 2.05) is 19.1 Å². The van der Waals surface area contributed by atoms with Crippen LogP contribution >= 0.6 is 24.0 Å². The second-order valence-electron chi connectivity index (χ2n) is 6.94. The Bertz CT molecular complexity index is 961. The molecule has 9 heteroatoms. The summed E-state index contributed by atoms with van der Waals surface area (Å²) in [6.45, 7) is 7.10. The van der Waals surface area contributed by atoms with Crippen molar-refractivity contribution < 1.29 is 9.47 Å². The number of aliphatic imine (C=N–C) groups is 1. The van der Waals surface area contributed by atoms with Crippen LogP contribution in [0.5, 0.6) is 5.75 Å². The van der Waals surface area contributed by atoms with Gasteiger partial charge in [0.15, 0.2) is 5.96 Å². The van der Waals surface area contributed by atoms with Gasteiger partial charge in [-0.1, -0.05) is 24.3 Å². The molecule has 0 aliphatic rings. The van der Waals surface area contributed by atoms with E-state index in [-0.39, 0.29) is 24.0 Å². The minimum absolute atomic E-state index is 0. The van der Waals surface area contributed by atoms with Crippen molar-refractivity contribution in [3.8, 4) is 11.4 Å². The predicted octanol–water partition coefficient (Wildman–Crippen LogP) is 3.47. The third kappa shape index (κ3) is 7.79. The molecule has 0 spiro atoms. The maximum atomic E-state index is 5.92. The number of nitrogens with zero attached hydrogens (tertiary/aromatic N) is 4. The molecular weight excluding hydrogens is 519 g/mol. The summed E-state index contributed by atoms with van der Waals surface area (Å²) in [6.07, 6.45) is 3.20. The van der Waals surface area contributed by atoms with Crippen molar-refractivity contribution in [2.24, 2.45) is 4.99 Å². The zero-order chi connectivity index (χ0) is 21.9. The first-order valence-corrected chi connectivity index (χ1v) is 10.4. The van der Waals surface area contributed by atoms with Crippen molar-refractivity contribution >= 4 is 29.9 Å². The lowest BCUT2D eigenvalue weighted by atomic mass is 10.1. The van der Waals surface area contributed by atoms with Gasteiger partial charge in [-0.05, 0) is 43.2 Å². The molecule has 0 unspecified atom stereocenters. The highest BCUT2D eigenvalue weighted by Gasteiger charge is 2.06. The zero-order valence-corrected chi connectivity index (χ0v) is 21.1. The van der Waals surface area contributed by atoms with Crippen LogP contribution in [0.3, 0.4) is 0 Å². The van der Waals surface area contributed by atoms with Crippen molar-refractivity contribution in [3.05, 3.63) is 71.8 Å². The van der Waals surface area contributed by atoms with E-state index in [2.05, 4.69) is 63.0 Å². The van der Waals surface area contributed by atoms with Gasteiger partial charge in [0, 0.05) is 32.3 Å². The molecule has 0 aliphatic heterocycles. The molecule has 0 bridgehead atoms. The maximum Gasteiger partial charge on any atom is 0.191 e. The predicted molar refractivity (Wildman–Crippen MR) is 137 cm³/mol. The summed E-state index contributed by atoms with van der Waals surface area (Å²) >= 11 is 0. The lowest BCUT2D eigenvalue weighted by molar-refractivity contribution is 0.110. The van der Waals surface area contributed by atoms with Gasteiger partial charge in [0.25, 0.3) is 0 Å². The Morgan fingerprint density at radius 3 is 2.53 bits per heavy atom. The van der Waals surface area contributed by atoms with Crippen LogP contribution in [0.4, 0.5) is 0 Å². The van der Waals surface area contributed by atoms with Gasteiger partial charge in [-0.15, -0.1) is 24.0 Å². The number of benzene rings is 2. The number of rotatable bonds is 10. The summed E-state index contributed by atoms with van der Waals surface area (Å²) in [5.74, 6) is 1.59. The molecule has 0 aliphatic carbocycles. The third-order valence-electron chi connectivity index (χ3n) is 4.66. The molecule has 3 rings (SSSR count). The normalized spacial score (nSPS) is 11.0. The Morgan fingerprint density at radius 2 is 1.84 bits per heavy atom. The van der Waals surface area contributed by atoms with Crippen LogP contribution < -0.4 is 15.4 Å². The fourth-order valence-electron chi connectivity index (χ4n) is 2.99. The second-order valence-corrected chi connectivity index (χ2v) is 6.94.